The first-order valence-electron chi connectivity index (χ1n) is 9.88. The smallest absolute Gasteiger partial charge is 1.00 e. The van der Waals surface area contributed by atoms with Crippen molar-refractivity contribution in [3.05, 3.63) is 58.7 Å². The first kappa shape index (κ1) is 25.0. The summed E-state index contributed by atoms with van der Waals surface area (Å²) in [5.41, 5.74) is 4.61. The van der Waals surface area contributed by atoms with Gasteiger partial charge in [-0.2, -0.15) is 0 Å². The molecule has 1 unspecified atom stereocenters. The van der Waals surface area contributed by atoms with E-state index in [2.05, 4.69) is 39.8 Å². The van der Waals surface area contributed by atoms with Crippen LogP contribution in [0.15, 0.2) is 36.4 Å². The molecule has 2 aromatic carbocycles. The van der Waals surface area contributed by atoms with Crippen LogP contribution in [-0.2, 0) is 5.41 Å². The molecule has 1 atom stereocenters. The van der Waals surface area contributed by atoms with E-state index in [1.807, 2.05) is 38.1 Å². The minimum Gasteiger partial charge on any atom is -1.00 e. The van der Waals surface area contributed by atoms with Crippen LogP contribution >= 0.6 is 8.58 Å². The number of ether oxygens (including phenoxy) is 1. The normalized spacial score (nSPS) is 11.5. The number of rotatable bonds is 8. The van der Waals surface area contributed by atoms with Gasteiger partial charge in [-0.05, 0) is 68.4 Å². The van der Waals surface area contributed by atoms with Crippen LogP contribution in [-0.4, -0.2) is 12.1 Å². The van der Waals surface area contributed by atoms with Crippen LogP contribution in [0.4, 0.5) is 0 Å². The number of benzene rings is 2. The fourth-order valence-corrected chi connectivity index (χ4v) is 4.24. The molecule has 0 aliphatic rings. The minimum atomic E-state index is 0. The average molecular weight is 392 g/mol. The maximum atomic E-state index is 12.9. The molecule has 2 nitrogen and oxygen atoms in total. The van der Waals surface area contributed by atoms with Gasteiger partial charge in [-0.25, -0.2) is 0 Å². The Balaban J connectivity index is 0.00000392. The zero-order valence-electron chi connectivity index (χ0n) is 19.6. The van der Waals surface area contributed by atoms with Crippen LogP contribution < -0.4 is 28.9 Å². The number of aryl methyl sites for hydroxylation is 2. The van der Waals surface area contributed by atoms with Crippen molar-refractivity contribution in [3.63, 3.8) is 0 Å². The fraction of sp³-hybridized carbons (Fsp3) is 0.458. The molecule has 148 valence electrons. The van der Waals surface area contributed by atoms with E-state index in [9.17, 15) is 4.79 Å². The number of unbranched alkanes of at least 4 members (excludes halogenated alkanes) is 2. The summed E-state index contributed by atoms with van der Waals surface area (Å²) in [5, 5.41) is 1.06. The van der Waals surface area contributed by atoms with Gasteiger partial charge in [0.05, 0.1) is 6.61 Å². The van der Waals surface area contributed by atoms with Crippen molar-refractivity contribution >= 4 is 19.4 Å². The molecule has 0 fully saturated rings. The van der Waals surface area contributed by atoms with Gasteiger partial charge in [-0.3, -0.25) is 4.79 Å². The Hall–Kier alpha value is -1.06. The molecule has 0 radical (unpaired) electrons. The van der Waals surface area contributed by atoms with Crippen molar-refractivity contribution in [2.24, 2.45) is 0 Å². The maximum Gasteiger partial charge on any atom is 1.00 e. The van der Waals surface area contributed by atoms with Gasteiger partial charge in [-0.1, -0.05) is 64.8 Å². The molecular weight excluding hydrogens is 358 g/mol. The van der Waals surface area contributed by atoms with E-state index in [0.717, 1.165) is 40.8 Å². The summed E-state index contributed by atoms with van der Waals surface area (Å²) in [4.78, 5) is 12.9. The van der Waals surface area contributed by atoms with Gasteiger partial charge in [-0.15, -0.1) is 0 Å². The Bertz CT molecular complexity index is 759. The Morgan fingerprint density at radius 2 is 1.61 bits per heavy atom. The Labute approximate surface area is 186 Å². The van der Waals surface area contributed by atoms with Gasteiger partial charge in [0, 0.05) is 5.56 Å². The van der Waals surface area contributed by atoms with E-state index in [1.165, 1.54) is 18.4 Å². The molecule has 0 saturated heterocycles. The molecule has 0 aliphatic heterocycles. The zero-order chi connectivity index (χ0) is 20.0. The number of hydrogen-bond acceptors (Lipinski definition) is 2. The summed E-state index contributed by atoms with van der Waals surface area (Å²) in [6.45, 7) is 13.7. The molecule has 0 amide bonds. The molecule has 0 aromatic heterocycles. The minimum absolute atomic E-state index is 0. The second kappa shape index (κ2) is 11.2. The molecule has 0 aliphatic carbocycles. The summed E-state index contributed by atoms with van der Waals surface area (Å²) in [7, 11) is 0.136. The van der Waals surface area contributed by atoms with E-state index in [4.69, 9.17) is 4.74 Å². The summed E-state index contributed by atoms with van der Waals surface area (Å²) < 4.78 is 5.75. The molecule has 0 spiro atoms. The van der Waals surface area contributed by atoms with E-state index < -0.39 is 0 Å². The number of carbonyl (C=O) groups is 1. The maximum absolute atomic E-state index is 12.9. The summed E-state index contributed by atoms with van der Waals surface area (Å²) >= 11 is 0. The SMILES string of the molecule is CCCCCOc1ccc(PC(=O)c2c(C)cc(C(C)(C)C)cc2C)cc1.[H-].[Li+]. The van der Waals surface area contributed by atoms with Crippen molar-refractivity contribution in [1.29, 1.82) is 0 Å². The fourth-order valence-electron chi connectivity index (χ4n) is 3.12. The van der Waals surface area contributed by atoms with Gasteiger partial charge in [0.1, 0.15) is 5.75 Å². The van der Waals surface area contributed by atoms with E-state index in [-0.39, 0.29) is 39.8 Å². The quantitative estimate of drug-likeness (QED) is 0.391. The molecular formula is C24H34LiO2P. The van der Waals surface area contributed by atoms with Crippen LogP contribution in [0, 0.1) is 13.8 Å². The third-order valence-electron chi connectivity index (χ3n) is 4.75. The zero-order valence-corrected chi connectivity index (χ0v) is 19.6. The summed E-state index contributed by atoms with van der Waals surface area (Å²) in [6, 6.07) is 12.3. The molecule has 4 heteroatoms. The number of carbonyl (C=O) groups excluding carboxylic acids is 1. The van der Waals surface area contributed by atoms with Gasteiger partial charge in [0.15, 0.2) is 5.52 Å². The van der Waals surface area contributed by atoms with Crippen LogP contribution in [0.25, 0.3) is 0 Å². The van der Waals surface area contributed by atoms with Crippen molar-refractivity contribution in [1.82, 2.24) is 0 Å². The third-order valence-corrected chi connectivity index (χ3v) is 5.85. The Kier molecular flexibility index (Phi) is 10.00. The predicted molar refractivity (Wildman–Crippen MR) is 119 cm³/mol. The third kappa shape index (κ3) is 7.08. The molecule has 2 rings (SSSR count). The van der Waals surface area contributed by atoms with Crippen LogP contribution in [0.1, 0.15) is 75.4 Å². The molecule has 2 aromatic rings. The predicted octanol–water partition coefficient (Wildman–Crippen LogP) is 3.43. The van der Waals surface area contributed by atoms with Gasteiger partial charge >= 0.3 is 18.9 Å². The van der Waals surface area contributed by atoms with Crippen LogP contribution in [0.5, 0.6) is 5.75 Å². The van der Waals surface area contributed by atoms with E-state index in [1.54, 1.807) is 0 Å². The topological polar surface area (TPSA) is 26.3 Å². The molecule has 0 bridgehead atoms. The van der Waals surface area contributed by atoms with E-state index >= 15 is 0 Å². The summed E-state index contributed by atoms with van der Waals surface area (Å²) in [6.07, 6.45) is 3.48. The van der Waals surface area contributed by atoms with Crippen molar-refractivity contribution in [3.8, 4) is 5.75 Å². The molecule has 0 saturated carbocycles. The van der Waals surface area contributed by atoms with E-state index in [0.29, 0.717) is 0 Å². The van der Waals surface area contributed by atoms with Gasteiger partial charge in [0.25, 0.3) is 0 Å². The van der Waals surface area contributed by atoms with Crippen molar-refractivity contribution in [2.75, 3.05) is 6.61 Å². The van der Waals surface area contributed by atoms with Gasteiger partial charge in [0.2, 0.25) is 0 Å². The number of hydrogen-bond donors (Lipinski definition) is 0. The molecule has 0 N–H and O–H groups in total. The molecule has 0 heterocycles. The second-order valence-corrected chi connectivity index (χ2v) is 9.55. The first-order valence-corrected chi connectivity index (χ1v) is 10.9. The molecule has 28 heavy (non-hydrogen) atoms. The van der Waals surface area contributed by atoms with Crippen LogP contribution in [0.2, 0.25) is 0 Å². The second-order valence-electron chi connectivity index (χ2n) is 8.27. The first-order chi connectivity index (χ1) is 12.7. The van der Waals surface area contributed by atoms with Crippen LogP contribution in [0.3, 0.4) is 0 Å². The van der Waals surface area contributed by atoms with Crippen molar-refractivity contribution < 1.29 is 29.8 Å². The summed E-state index contributed by atoms with van der Waals surface area (Å²) in [5.74, 6) is 0.883. The standard InChI is InChI=1S/C24H33O2P.Li.H/c1-7-8-9-14-26-20-10-12-21(13-11-20)27-23(25)22-17(2)15-19(16-18(22)3)24(4,5)6;;/h10-13,15-16,27H,7-9,14H2,1-6H3;;/q;+1;-1. The van der Waals surface area contributed by atoms with Crippen molar-refractivity contribution in [2.45, 2.75) is 66.2 Å². The Morgan fingerprint density at radius 1 is 1.04 bits per heavy atom. The van der Waals surface area contributed by atoms with Gasteiger partial charge < -0.3 is 6.16 Å². The Morgan fingerprint density at radius 3 is 2.11 bits per heavy atom. The largest absolute Gasteiger partial charge is 1.00 e. The average Bonchev–Trinajstić information content (AvgIpc) is 2.58. The monoisotopic (exact) mass is 392 g/mol.